The Balaban J connectivity index is 1.22. The monoisotopic (exact) mass is 486 g/mol. The van der Waals surface area contributed by atoms with E-state index >= 15 is 0 Å². The molecule has 33 heavy (non-hydrogen) atoms. The smallest absolute Gasteiger partial charge is 0.136 e. The normalized spacial score (nSPS) is 14.5. The largest absolute Gasteiger partial charge is 0.456 e. The molecule has 0 N–H and O–H groups in total. The van der Waals surface area contributed by atoms with Crippen LogP contribution in [0.2, 0.25) is 0 Å². The van der Waals surface area contributed by atoms with Gasteiger partial charge in [-0.25, -0.2) is 0 Å². The second-order valence-electron chi connectivity index (χ2n) is 8.69. The van der Waals surface area contributed by atoms with Crippen LogP contribution >= 0.6 is 15.9 Å². The lowest BCUT2D eigenvalue weighted by atomic mass is 9.99. The summed E-state index contributed by atoms with van der Waals surface area (Å²) < 4.78 is 7.09. The maximum Gasteiger partial charge on any atom is 0.136 e. The van der Waals surface area contributed by atoms with Crippen molar-refractivity contribution in [3.63, 3.8) is 0 Å². The third kappa shape index (κ3) is 3.06. The summed E-state index contributed by atoms with van der Waals surface area (Å²) >= 11 is 3.68. The fourth-order valence-electron chi connectivity index (χ4n) is 5.01. The molecule has 0 unspecified atom stereocenters. The van der Waals surface area contributed by atoms with Crippen LogP contribution in [-0.2, 0) is 0 Å². The first-order valence-corrected chi connectivity index (χ1v) is 12.0. The van der Waals surface area contributed by atoms with Crippen LogP contribution in [0.4, 0.5) is 0 Å². The van der Waals surface area contributed by atoms with E-state index in [0.717, 1.165) is 26.4 Å². The quantitative estimate of drug-likeness (QED) is 0.242. The summed E-state index contributed by atoms with van der Waals surface area (Å²) in [4.78, 5) is 0. The number of furan rings is 1. The average molecular weight is 487 g/mol. The average Bonchev–Trinajstić information content (AvgIpc) is 3.46. The third-order valence-corrected chi connectivity index (χ3v) is 7.41. The summed E-state index contributed by atoms with van der Waals surface area (Å²) in [5.74, 6) is 0.468. The van der Waals surface area contributed by atoms with Crippen molar-refractivity contribution >= 4 is 37.9 Å². The molecule has 1 nitrogen and oxygen atoms in total. The van der Waals surface area contributed by atoms with Gasteiger partial charge in [0.25, 0.3) is 0 Å². The van der Waals surface area contributed by atoms with Crippen molar-refractivity contribution in [1.82, 2.24) is 0 Å². The minimum Gasteiger partial charge on any atom is -0.456 e. The molecule has 1 aliphatic rings. The third-order valence-electron chi connectivity index (χ3n) is 6.75. The molecule has 1 heterocycles. The molecule has 6 aromatic rings. The molecule has 0 bridgehead atoms. The lowest BCUT2D eigenvalue weighted by Crippen LogP contribution is -1.81. The zero-order valence-corrected chi connectivity index (χ0v) is 19.3. The predicted molar refractivity (Wildman–Crippen MR) is 140 cm³/mol. The number of fused-ring (bicyclic) bond motifs is 4. The zero-order chi connectivity index (χ0) is 21.9. The van der Waals surface area contributed by atoms with Crippen LogP contribution < -0.4 is 0 Å². The number of benzene rings is 5. The van der Waals surface area contributed by atoms with E-state index < -0.39 is 0 Å². The van der Waals surface area contributed by atoms with Crippen LogP contribution in [0.3, 0.4) is 0 Å². The molecule has 0 aliphatic heterocycles. The highest BCUT2D eigenvalue weighted by Crippen LogP contribution is 2.49. The van der Waals surface area contributed by atoms with Crippen LogP contribution in [0.25, 0.3) is 44.2 Å². The van der Waals surface area contributed by atoms with E-state index in [0.29, 0.717) is 5.92 Å². The van der Waals surface area contributed by atoms with Gasteiger partial charge in [-0.1, -0.05) is 94.8 Å². The van der Waals surface area contributed by atoms with Gasteiger partial charge < -0.3 is 4.42 Å². The van der Waals surface area contributed by atoms with Gasteiger partial charge in [-0.05, 0) is 69.3 Å². The topological polar surface area (TPSA) is 13.1 Å². The van der Waals surface area contributed by atoms with Gasteiger partial charge in [-0.2, -0.15) is 0 Å². The molecule has 0 spiro atoms. The van der Waals surface area contributed by atoms with Gasteiger partial charge in [0, 0.05) is 21.2 Å². The summed E-state index contributed by atoms with van der Waals surface area (Å²) in [6.45, 7) is 0. The fraction of sp³-hybridized carbons (Fsp3) is 0.0323. The molecule has 1 aliphatic carbocycles. The van der Waals surface area contributed by atoms with Gasteiger partial charge in [0.1, 0.15) is 11.2 Å². The molecule has 0 fully saturated rings. The molecule has 7 rings (SSSR count). The van der Waals surface area contributed by atoms with Gasteiger partial charge >= 0.3 is 0 Å². The molecule has 1 atom stereocenters. The fourth-order valence-corrected chi connectivity index (χ4v) is 5.57. The standard InChI is InChI=1S/C31H19BrO/c32-27-7-4-8-29-31(27)26-18-23(14-16-28(26)33-29)20-11-9-19(10-12-20)22-13-15-24-25(17-22)30(24)21-5-2-1-3-6-21/h1-18,30H/t30-/m0/s1. The second kappa shape index (κ2) is 7.19. The molecule has 0 radical (unpaired) electrons. The minimum atomic E-state index is 0.468. The Morgan fingerprint density at radius 2 is 1.24 bits per heavy atom. The Morgan fingerprint density at radius 3 is 2.03 bits per heavy atom. The molecular weight excluding hydrogens is 468 g/mol. The van der Waals surface area contributed by atoms with Crippen LogP contribution in [-0.4, -0.2) is 0 Å². The van der Waals surface area contributed by atoms with Gasteiger partial charge in [0.2, 0.25) is 0 Å². The van der Waals surface area contributed by atoms with Crippen LogP contribution in [0.15, 0.2) is 118 Å². The van der Waals surface area contributed by atoms with E-state index in [-0.39, 0.29) is 0 Å². The highest BCUT2D eigenvalue weighted by Gasteiger charge is 2.33. The Labute approximate surface area is 200 Å². The van der Waals surface area contributed by atoms with E-state index in [9.17, 15) is 0 Å². The van der Waals surface area contributed by atoms with Gasteiger partial charge in [0.05, 0.1) is 0 Å². The first-order chi connectivity index (χ1) is 16.3. The van der Waals surface area contributed by atoms with E-state index in [1.165, 1.54) is 38.9 Å². The predicted octanol–water partition coefficient (Wildman–Crippen LogP) is 9.18. The molecule has 0 saturated carbocycles. The highest BCUT2D eigenvalue weighted by atomic mass is 79.9. The van der Waals surface area contributed by atoms with Gasteiger partial charge in [0.15, 0.2) is 0 Å². The Hall–Kier alpha value is -3.62. The van der Waals surface area contributed by atoms with Crippen molar-refractivity contribution in [2.24, 2.45) is 0 Å². The summed E-state index contributed by atoms with van der Waals surface area (Å²) in [5.41, 5.74) is 11.0. The van der Waals surface area contributed by atoms with E-state index in [2.05, 4.69) is 113 Å². The van der Waals surface area contributed by atoms with Gasteiger partial charge in [-0.15, -0.1) is 0 Å². The number of rotatable bonds is 3. The summed E-state index contributed by atoms with van der Waals surface area (Å²) in [7, 11) is 0. The number of hydrogen-bond acceptors (Lipinski definition) is 1. The van der Waals surface area contributed by atoms with Crippen molar-refractivity contribution in [2.45, 2.75) is 5.92 Å². The summed E-state index contributed by atoms with van der Waals surface area (Å²) in [5, 5.41) is 2.27. The van der Waals surface area contributed by atoms with Crippen LogP contribution in [0.5, 0.6) is 0 Å². The zero-order valence-electron chi connectivity index (χ0n) is 17.8. The molecule has 5 aromatic carbocycles. The summed E-state index contributed by atoms with van der Waals surface area (Å²) in [6.07, 6.45) is 0. The molecule has 1 aromatic heterocycles. The van der Waals surface area contributed by atoms with E-state index in [4.69, 9.17) is 4.42 Å². The molecule has 156 valence electrons. The van der Waals surface area contributed by atoms with Crippen molar-refractivity contribution in [3.05, 3.63) is 130 Å². The molecular formula is C31H19BrO. The Kier molecular flexibility index (Phi) is 4.12. The maximum absolute atomic E-state index is 6.03. The lowest BCUT2D eigenvalue weighted by Gasteiger charge is -2.05. The first kappa shape index (κ1) is 18.9. The Morgan fingerprint density at radius 1 is 0.545 bits per heavy atom. The van der Waals surface area contributed by atoms with Crippen LogP contribution in [0.1, 0.15) is 22.6 Å². The number of hydrogen-bond donors (Lipinski definition) is 0. The lowest BCUT2D eigenvalue weighted by molar-refractivity contribution is 0.669. The van der Waals surface area contributed by atoms with Crippen molar-refractivity contribution < 1.29 is 4.42 Å². The van der Waals surface area contributed by atoms with Gasteiger partial charge in [-0.3, -0.25) is 0 Å². The van der Waals surface area contributed by atoms with E-state index in [1.807, 2.05) is 12.1 Å². The minimum absolute atomic E-state index is 0.468. The molecule has 0 amide bonds. The van der Waals surface area contributed by atoms with Crippen molar-refractivity contribution in [1.29, 1.82) is 0 Å². The van der Waals surface area contributed by atoms with Crippen molar-refractivity contribution in [3.8, 4) is 22.3 Å². The number of halogens is 1. The second-order valence-corrected chi connectivity index (χ2v) is 9.55. The molecule has 0 saturated heterocycles. The molecule has 2 heteroatoms. The summed E-state index contributed by atoms with van der Waals surface area (Å²) in [6, 6.07) is 39.1. The SMILES string of the molecule is Brc1cccc2oc3ccc(-c4ccc(-c5ccc6c(c5)[C@H]6c5ccccc5)cc4)cc3c12. The van der Waals surface area contributed by atoms with Crippen LogP contribution in [0, 0.1) is 0 Å². The van der Waals surface area contributed by atoms with E-state index in [1.54, 1.807) is 0 Å². The first-order valence-electron chi connectivity index (χ1n) is 11.2. The Bertz CT molecular complexity index is 1660. The highest BCUT2D eigenvalue weighted by molar-refractivity contribution is 9.10. The van der Waals surface area contributed by atoms with Crippen molar-refractivity contribution in [2.75, 3.05) is 0 Å². The maximum atomic E-state index is 6.03.